The first kappa shape index (κ1) is 14.0. The highest BCUT2D eigenvalue weighted by molar-refractivity contribution is 5.90. The molecule has 0 unspecified atom stereocenters. The van der Waals surface area contributed by atoms with Gasteiger partial charge in [0.25, 0.3) is 0 Å². The van der Waals surface area contributed by atoms with E-state index in [1.54, 1.807) is 24.5 Å². The van der Waals surface area contributed by atoms with Crippen molar-refractivity contribution in [2.75, 3.05) is 0 Å². The fraction of sp³-hybridized carbons (Fsp3) is 0.0526. The molecular weight excluding hydrogens is 274 g/mol. The Kier molecular flexibility index (Phi) is 4.25. The highest BCUT2D eigenvalue weighted by atomic mass is 16.5. The second-order valence-corrected chi connectivity index (χ2v) is 4.87. The van der Waals surface area contributed by atoms with Crippen LogP contribution in [-0.2, 0) is 11.3 Å². The van der Waals surface area contributed by atoms with Crippen LogP contribution in [0.3, 0.4) is 0 Å². The smallest absolute Gasteiger partial charge is 0.338 e. The van der Waals surface area contributed by atoms with E-state index >= 15 is 0 Å². The lowest BCUT2D eigenvalue weighted by atomic mass is 10.1. The van der Waals surface area contributed by atoms with Crippen molar-refractivity contribution in [1.29, 1.82) is 0 Å². The van der Waals surface area contributed by atoms with Crippen LogP contribution in [0.2, 0.25) is 0 Å². The van der Waals surface area contributed by atoms with E-state index in [1.165, 1.54) is 0 Å². The van der Waals surface area contributed by atoms with Gasteiger partial charge in [0.2, 0.25) is 0 Å². The molecule has 1 heterocycles. The molecule has 108 valence electrons. The van der Waals surface area contributed by atoms with E-state index in [0.29, 0.717) is 5.56 Å². The van der Waals surface area contributed by atoms with E-state index in [4.69, 9.17) is 4.74 Å². The van der Waals surface area contributed by atoms with Crippen LogP contribution in [0.1, 0.15) is 15.9 Å². The van der Waals surface area contributed by atoms with Crippen molar-refractivity contribution in [3.8, 4) is 11.1 Å². The van der Waals surface area contributed by atoms with Crippen LogP contribution in [0.15, 0.2) is 79.1 Å². The van der Waals surface area contributed by atoms with E-state index in [9.17, 15) is 4.79 Å². The Morgan fingerprint density at radius 2 is 1.45 bits per heavy atom. The average molecular weight is 289 g/mol. The number of aromatic nitrogens is 1. The first-order valence-corrected chi connectivity index (χ1v) is 7.04. The summed E-state index contributed by atoms with van der Waals surface area (Å²) in [5, 5.41) is 0. The lowest BCUT2D eigenvalue weighted by Crippen LogP contribution is -2.05. The minimum atomic E-state index is -0.315. The molecule has 0 fully saturated rings. The Bertz CT molecular complexity index is 737. The molecule has 22 heavy (non-hydrogen) atoms. The molecule has 0 saturated carbocycles. The molecule has 0 N–H and O–H groups in total. The van der Waals surface area contributed by atoms with Crippen LogP contribution >= 0.6 is 0 Å². The summed E-state index contributed by atoms with van der Waals surface area (Å²) in [5.74, 6) is -0.315. The molecule has 0 aliphatic heterocycles. The molecule has 1 aromatic heterocycles. The van der Waals surface area contributed by atoms with Gasteiger partial charge in [-0.1, -0.05) is 42.5 Å². The van der Waals surface area contributed by atoms with Gasteiger partial charge in [0, 0.05) is 12.4 Å². The first-order valence-electron chi connectivity index (χ1n) is 7.04. The highest BCUT2D eigenvalue weighted by Crippen LogP contribution is 2.19. The molecule has 0 spiro atoms. The predicted octanol–water partition coefficient (Wildman–Crippen LogP) is 4.11. The molecule has 0 amide bonds. The topological polar surface area (TPSA) is 39.2 Å². The van der Waals surface area contributed by atoms with Gasteiger partial charge in [0.15, 0.2) is 0 Å². The Labute approximate surface area is 129 Å². The van der Waals surface area contributed by atoms with Crippen molar-refractivity contribution in [2.45, 2.75) is 6.61 Å². The van der Waals surface area contributed by atoms with E-state index in [-0.39, 0.29) is 12.6 Å². The number of carbonyl (C=O) groups excluding carboxylic acids is 1. The first-order chi connectivity index (χ1) is 10.8. The SMILES string of the molecule is O=C(OCc1ccccc1)c1ccc(-c2ccncc2)cc1. The summed E-state index contributed by atoms with van der Waals surface area (Å²) in [6.07, 6.45) is 3.49. The fourth-order valence-electron chi connectivity index (χ4n) is 2.15. The van der Waals surface area contributed by atoms with Crippen LogP contribution in [-0.4, -0.2) is 11.0 Å². The third-order valence-corrected chi connectivity index (χ3v) is 3.35. The number of nitrogens with zero attached hydrogens (tertiary/aromatic N) is 1. The van der Waals surface area contributed by atoms with Gasteiger partial charge >= 0.3 is 5.97 Å². The number of pyridine rings is 1. The number of esters is 1. The largest absolute Gasteiger partial charge is 0.457 e. The Morgan fingerprint density at radius 3 is 2.14 bits per heavy atom. The van der Waals surface area contributed by atoms with E-state index < -0.39 is 0 Å². The summed E-state index contributed by atoms with van der Waals surface area (Å²) in [6.45, 7) is 0.284. The molecule has 0 atom stereocenters. The Balaban J connectivity index is 1.66. The van der Waals surface area contributed by atoms with Crippen LogP contribution < -0.4 is 0 Å². The molecule has 3 rings (SSSR count). The average Bonchev–Trinajstić information content (AvgIpc) is 2.61. The van der Waals surface area contributed by atoms with E-state index in [0.717, 1.165) is 16.7 Å². The number of ether oxygens (including phenoxy) is 1. The maximum Gasteiger partial charge on any atom is 0.338 e. The van der Waals surface area contributed by atoms with E-state index in [2.05, 4.69) is 4.98 Å². The predicted molar refractivity (Wildman–Crippen MR) is 85.2 cm³/mol. The number of benzene rings is 2. The summed E-state index contributed by atoms with van der Waals surface area (Å²) >= 11 is 0. The molecule has 0 saturated heterocycles. The Hall–Kier alpha value is -2.94. The van der Waals surface area contributed by atoms with Gasteiger partial charge in [-0.05, 0) is 41.0 Å². The normalized spacial score (nSPS) is 10.2. The van der Waals surface area contributed by atoms with Gasteiger partial charge in [-0.2, -0.15) is 0 Å². The second-order valence-electron chi connectivity index (χ2n) is 4.87. The number of hydrogen-bond acceptors (Lipinski definition) is 3. The third-order valence-electron chi connectivity index (χ3n) is 3.35. The number of rotatable bonds is 4. The zero-order chi connectivity index (χ0) is 15.2. The highest BCUT2D eigenvalue weighted by Gasteiger charge is 2.07. The summed E-state index contributed by atoms with van der Waals surface area (Å²) in [5.41, 5.74) is 3.64. The van der Waals surface area contributed by atoms with Crippen molar-refractivity contribution < 1.29 is 9.53 Å². The molecule has 0 aliphatic rings. The molecule has 2 aromatic carbocycles. The molecule has 3 nitrogen and oxygen atoms in total. The van der Waals surface area contributed by atoms with Crippen LogP contribution in [0.5, 0.6) is 0 Å². The zero-order valence-electron chi connectivity index (χ0n) is 12.0. The minimum absolute atomic E-state index is 0.284. The summed E-state index contributed by atoms with van der Waals surface area (Å²) in [4.78, 5) is 16.0. The van der Waals surface area contributed by atoms with Crippen molar-refractivity contribution in [3.05, 3.63) is 90.3 Å². The van der Waals surface area contributed by atoms with Gasteiger partial charge in [0.1, 0.15) is 6.61 Å². The minimum Gasteiger partial charge on any atom is -0.457 e. The Morgan fingerprint density at radius 1 is 0.818 bits per heavy atom. The second kappa shape index (κ2) is 6.68. The maximum absolute atomic E-state index is 12.0. The fourth-order valence-corrected chi connectivity index (χ4v) is 2.15. The summed E-state index contributed by atoms with van der Waals surface area (Å²) in [7, 11) is 0. The molecule has 0 bridgehead atoms. The van der Waals surface area contributed by atoms with Crippen molar-refractivity contribution in [1.82, 2.24) is 4.98 Å². The zero-order valence-corrected chi connectivity index (χ0v) is 12.0. The summed E-state index contributed by atoms with van der Waals surface area (Å²) < 4.78 is 5.31. The van der Waals surface area contributed by atoms with Crippen molar-refractivity contribution in [2.24, 2.45) is 0 Å². The lowest BCUT2D eigenvalue weighted by molar-refractivity contribution is 0.0473. The van der Waals surface area contributed by atoms with Gasteiger partial charge < -0.3 is 4.74 Å². The van der Waals surface area contributed by atoms with Crippen molar-refractivity contribution >= 4 is 5.97 Å². The van der Waals surface area contributed by atoms with Gasteiger partial charge in [0.05, 0.1) is 5.56 Å². The van der Waals surface area contributed by atoms with Gasteiger partial charge in [-0.15, -0.1) is 0 Å². The van der Waals surface area contributed by atoms with Crippen LogP contribution in [0.25, 0.3) is 11.1 Å². The monoisotopic (exact) mass is 289 g/mol. The molecule has 0 radical (unpaired) electrons. The number of hydrogen-bond donors (Lipinski definition) is 0. The maximum atomic E-state index is 12.0. The molecular formula is C19H15NO2. The van der Waals surface area contributed by atoms with Gasteiger partial charge in [-0.25, -0.2) is 4.79 Å². The van der Waals surface area contributed by atoms with Crippen LogP contribution in [0.4, 0.5) is 0 Å². The molecule has 0 aliphatic carbocycles. The van der Waals surface area contributed by atoms with E-state index in [1.807, 2.05) is 54.6 Å². The molecule has 3 heteroatoms. The lowest BCUT2D eigenvalue weighted by Gasteiger charge is -2.06. The third kappa shape index (κ3) is 3.38. The molecule has 3 aromatic rings. The van der Waals surface area contributed by atoms with Gasteiger partial charge in [-0.3, -0.25) is 4.98 Å². The quantitative estimate of drug-likeness (QED) is 0.679. The van der Waals surface area contributed by atoms with Crippen LogP contribution in [0, 0.1) is 0 Å². The summed E-state index contributed by atoms with van der Waals surface area (Å²) in [6, 6.07) is 20.9. The van der Waals surface area contributed by atoms with Crippen molar-refractivity contribution in [3.63, 3.8) is 0 Å². The number of carbonyl (C=O) groups is 1. The standard InChI is InChI=1S/C19H15NO2/c21-19(22-14-15-4-2-1-3-5-15)18-8-6-16(7-9-18)17-10-12-20-13-11-17/h1-13H,14H2.